The molecule has 0 atom stereocenters. The highest BCUT2D eigenvalue weighted by molar-refractivity contribution is 6.35. The number of halogens is 1. The molecule has 3 aromatic rings. The Labute approximate surface area is 123 Å². The predicted octanol–water partition coefficient (Wildman–Crippen LogP) is 3.88. The van der Waals surface area contributed by atoms with Crippen LogP contribution in [0.25, 0.3) is 11.0 Å². The second-order valence-corrected chi connectivity index (χ2v) is 5.21. The van der Waals surface area contributed by atoms with E-state index in [1.807, 2.05) is 36.4 Å². The first-order chi connectivity index (χ1) is 9.69. The van der Waals surface area contributed by atoms with E-state index in [0.717, 1.165) is 46.1 Å². The van der Waals surface area contributed by atoms with E-state index in [1.165, 1.54) is 0 Å². The smallest absolute Gasteiger partial charge is 0.114 e. The van der Waals surface area contributed by atoms with Gasteiger partial charge in [0.25, 0.3) is 0 Å². The van der Waals surface area contributed by atoms with Crippen molar-refractivity contribution in [2.75, 3.05) is 5.73 Å². The van der Waals surface area contributed by atoms with E-state index in [-0.39, 0.29) is 0 Å². The van der Waals surface area contributed by atoms with Crippen molar-refractivity contribution in [1.29, 1.82) is 0 Å². The summed E-state index contributed by atoms with van der Waals surface area (Å²) in [5.74, 6) is 1.02. The number of aryl methyl sites for hydroxylation is 1. The minimum Gasteiger partial charge on any atom is -0.399 e. The maximum Gasteiger partial charge on any atom is 0.114 e. The summed E-state index contributed by atoms with van der Waals surface area (Å²) >= 11 is 6.30. The third kappa shape index (κ3) is 2.25. The highest BCUT2D eigenvalue weighted by Gasteiger charge is 2.12. The van der Waals surface area contributed by atoms with Crippen LogP contribution in [0.2, 0.25) is 5.02 Å². The number of hydrogen-bond donors (Lipinski definition) is 1. The molecule has 4 heteroatoms. The van der Waals surface area contributed by atoms with E-state index in [0.29, 0.717) is 0 Å². The van der Waals surface area contributed by atoms with E-state index >= 15 is 0 Å². The van der Waals surface area contributed by atoms with Crippen molar-refractivity contribution in [2.45, 2.75) is 19.9 Å². The number of aromatic nitrogens is 2. The number of benzene rings is 2. The maximum atomic E-state index is 6.30. The third-order valence-electron chi connectivity index (χ3n) is 3.43. The largest absolute Gasteiger partial charge is 0.399 e. The molecule has 3 rings (SSSR count). The summed E-state index contributed by atoms with van der Waals surface area (Å²) in [6.07, 6.45) is 0.754. The van der Waals surface area contributed by atoms with Gasteiger partial charge in [-0.3, -0.25) is 0 Å². The van der Waals surface area contributed by atoms with Gasteiger partial charge in [0.15, 0.2) is 0 Å². The highest BCUT2D eigenvalue weighted by Crippen LogP contribution is 2.25. The average molecular weight is 286 g/mol. The number of rotatable bonds is 3. The quantitative estimate of drug-likeness (QED) is 0.742. The number of imidazole rings is 1. The van der Waals surface area contributed by atoms with Crippen molar-refractivity contribution < 1.29 is 0 Å². The first-order valence-electron chi connectivity index (χ1n) is 6.67. The number of hydrogen-bond acceptors (Lipinski definition) is 2. The van der Waals surface area contributed by atoms with Crippen LogP contribution in [0.3, 0.4) is 0 Å². The van der Waals surface area contributed by atoms with Crippen molar-refractivity contribution in [3.63, 3.8) is 0 Å². The van der Waals surface area contributed by atoms with Crippen LogP contribution in [-0.4, -0.2) is 9.55 Å². The van der Waals surface area contributed by atoms with E-state index < -0.39 is 0 Å². The fourth-order valence-corrected chi connectivity index (χ4v) is 2.82. The second kappa shape index (κ2) is 5.17. The molecule has 1 heterocycles. The summed E-state index contributed by atoms with van der Waals surface area (Å²) in [5.41, 5.74) is 9.72. The Kier molecular flexibility index (Phi) is 3.36. The van der Waals surface area contributed by atoms with E-state index in [9.17, 15) is 0 Å². The topological polar surface area (TPSA) is 43.8 Å². The van der Waals surface area contributed by atoms with Crippen molar-refractivity contribution in [3.05, 3.63) is 58.9 Å². The predicted molar refractivity (Wildman–Crippen MR) is 84.1 cm³/mol. The Morgan fingerprint density at radius 1 is 1.20 bits per heavy atom. The zero-order valence-electron chi connectivity index (χ0n) is 11.3. The molecular weight excluding hydrogens is 270 g/mol. The van der Waals surface area contributed by atoms with Gasteiger partial charge >= 0.3 is 0 Å². The van der Waals surface area contributed by atoms with Crippen LogP contribution in [0.15, 0.2) is 42.5 Å². The van der Waals surface area contributed by atoms with E-state index in [4.69, 9.17) is 22.3 Å². The van der Waals surface area contributed by atoms with Crippen LogP contribution in [-0.2, 0) is 13.0 Å². The number of anilines is 1. The van der Waals surface area contributed by atoms with Gasteiger partial charge in [-0.1, -0.05) is 29.8 Å². The normalized spacial score (nSPS) is 11.1. The lowest BCUT2D eigenvalue weighted by Gasteiger charge is -2.07. The standard InChI is InChI=1S/C16H16ClN3/c1-2-20-15(10-11-5-3-6-12(18)9-11)19-14-8-4-7-13(17)16(14)20/h3-9H,2,10,18H2,1H3. The molecule has 3 nitrogen and oxygen atoms in total. The van der Waals surface area contributed by atoms with Gasteiger partial charge in [-0.15, -0.1) is 0 Å². The summed E-state index contributed by atoms with van der Waals surface area (Å²) in [6.45, 7) is 2.95. The number of nitrogen functional groups attached to an aromatic ring is 1. The Hall–Kier alpha value is -2.00. The summed E-state index contributed by atoms with van der Waals surface area (Å²) in [6, 6.07) is 13.7. The monoisotopic (exact) mass is 285 g/mol. The lowest BCUT2D eigenvalue weighted by molar-refractivity contribution is 0.734. The van der Waals surface area contributed by atoms with Crippen LogP contribution >= 0.6 is 11.6 Å². The molecule has 0 radical (unpaired) electrons. The molecule has 2 N–H and O–H groups in total. The Bertz CT molecular complexity index is 762. The zero-order valence-corrected chi connectivity index (χ0v) is 12.1. The molecule has 0 saturated heterocycles. The number of para-hydroxylation sites is 1. The van der Waals surface area contributed by atoms with Crippen LogP contribution in [0.1, 0.15) is 18.3 Å². The molecule has 20 heavy (non-hydrogen) atoms. The molecule has 0 bridgehead atoms. The molecule has 0 aliphatic carbocycles. The van der Waals surface area contributed by atoms with Crippen LogP contribution in [0, 0.1) is 0 Å². The third-order valence-corrected chi connectivity index (χ3v) is 3.73. The molecule has 0 aliphatic rings. The van der Waals surface area contributed by atoms with Gasteiger partial charge in [0.05, 0.1) is 16.1 Å². The van der Waals surface area contributed by atoms with Gasteiger partial charge in [0.2, 0.25) is 0 Å². The van der Waals surface area contributed by atoms with Crippen LogP contribution in [0.4, 0.5) is 5.69 Å². The Morgan fingerprint density at radius 2 is 2.00 bits per heavy atom. The lowest BCUT2D eigenvalue weighted by Crippen LogP contribution is -2.03. The molecule has 0 fully saturated rings. The summed E-state index contributed by atoms with van der Waals surface area (Å²) in [4.78, 5) is 4.71. The summed E-state index contributed by atoms with van der Waals surface area (Å²) in [7, 11) is 0. The number of fused-ring (bicyclic) bond motifs is 1. The van der Waals surface area contributed by atoms with Gasteiger partial charge < -0.3 is 10.3 Å². The van der Waals surface area contributed by atoms with Gasteiger partial charge in [0.1, 0.15) is 5.82 Å². The molecule has 0 unspecified atom stereocenters. The van der Waals surface area contributed by atoms with Gasteiger partial charge in [-0.25, -0.2) is 4.98 Å². The van der Waals surface area contributed by atoms with Gasteiger partial charge in [-0.05, 0) is 36.8 Å². The molecule has 0 amide bonds. The second-order valence-electron chi connectivity index (χ2n) is 4.80. The first kappa shape index (κ1) is 13.0. The van der Waals surface area contributed by atoms with Crippen LogP contribution < -0.4 is 5.73 Å². The molecule has 1 aromatic heterocycles. The first-order valence-corrected chi connectivity index (χ1v) is 7.05. The molecule has 0 aliphatic heterocycles. The number of nitrogens with two attached hydrogens (primary N) is 1. The van der Waals surface area contributed by atoms with E-state index in [2.05, 4.69) is 17.6 Å². The Balaban J connectivity index is 2.10. The SMILES string of the molecule is CCn1c(Cc2cccc(N)c2)nc2cccc(Cl)c21. The van der Waals surface area contributed by atoms with Crippen molar-refractivity contribution in [3.8, 4) is 0 Å². The fraction of sp³-hybridized carbons (Fsp3) is 0.188. The zero-order chi connectivity index (χ0) is 14.1. The van der Waals surface area contributed by atoms with Gasteiger partial charge in [-0.2, -0.15) is 0 Å². The molecular formula is C16H16ClN3. The molecule has 102 valence electrons. The van der Waals surface area contributed by atoms with Gasteiger partial charge in [0, 0.05) is 18.7 Å². The van der Waals surface area contributed by atoms with Crippen molar-refractivity contribution in [1.82, 2.24) is 9.55 Å². The fourth-order valence-electron chi connectivity index (χ4n) is 2.55. The average Bonchev–Trinajstić information content (AvgIpc) is 2.77. The summed E-state index contributed by atoms with van der Waals surface area (Å²) < 4.78 is 2.17. The molecule has 2 aromatic carbocycles. The highest BCUT2D eigenvalue weighted by atomic mass is 35.5. The van der Waals surface area contributed by atoms with Crippen molar-refractivity contribution in [2.24, 2.45) is 0 Å². The minimum absolute atomic E-state index is 0.746. The Morgan fingerprint density at radius 3 is 2.75 bits per heavy atom. The van der Waals surface area contributed by atoms with E-state index in [1.54, 1.807) is 0 Å². The lowest BCUT2D eigenvalue weighted by atomic mass is 10.1. The maximum absolute atomic E-state index is 6.30. The minimum atomic E-state index is 0.746. The van der Waals surface area contributed by atoms with Crippen LogP contribution in [0.5, 0.6) is 0 Å². The number of nitrogens with zero attached hydrogens (tertiary/aromatic N) is 2. The van der Waals surface area contributed by atoms with Crippen molar-refractivity contribution >= 4 is 28.3 Å². The molecule has 0 spiro atoms. The summed E-state index contributed by atoms with van der Waals surface area (Å²) in [5, 5.41) is 0.746. The molecule has 0 saturated carbocycles.